The Balaban J connectivity index is 1.81. The summed E-state index contributed by atoms with van der Waals surface area (Å²) in [4.78, 5) is 26.1. The number of benzene rings is 3. The molecule has 0 atom stereocenters. The van der Waals surface area contributed by atoms with Crippen LogP contribution in [0.4, 0.5) is 11.4 Å². The molecule has 0 bridgehead atoms. The summed E-state index contributed by atoms with van der Waals surface area (Å²) < 4.78 is 27.1. The molecule has 2 amide bonds. The SMILES string of the molecule is CC(=O)Nc1ccc(S(=O)(=O)N(C)CC(=O)N(Cc2ccccc2)c2ccc(C)cc2)cc1. The Kier molecular flexibility index (Phi) is 7.63. The lowest BCUT2D eigenvalue weighted by Gasteiger charge is -2.26. The predicted octanol–water partition coefficient (Wildman–Crippen LogP) is 3.81. The van der Waals surface area contributed by atoms with E-state index in [9.17, 15) is 18.0 Å². The van der Waals surface area contributed by atoms with Crippen molar-refractivity contribution in [2.24, 2.45) is 0 Å². The molecule has 0 aliphatic rings. The van der Waals surface area contributed by atoms with Crippen molar-refractivity contribution in [2.75, 3.05) is 23.8 Å². The van der Waals surface area contributed by atoms with E-state index in [1.54, 1.807) is 4.90 Å². The third kappa shape index (κ3) is 6.27. The molecule has 3 rings (SSSR count). The fourth-order valence-corrected chi connectivity index (χ4v) is 4.39. The van der Waals surface area contributed by atoms with Crippen molar-refractivity contribution < 1.29 is 18.0 Å². The van der Waals surface area contributed by atoms with Crippen LogP contribution in [0.2, 0.25) is 0 Å². The minimum atomic E-state index is -3.90. The van der Waals surface area contributed by atoms with E-state index >= 15 is 0 Å². The van der Waals surface area contributed by atoms with Crippen LogP contribution in [-0.2, 0) is 26.2 Å². The number of aryl methyl sites for hydroxylation is 1. The summed E-state index contributed by atoms with van der Waals surface area (Å²) in [6.07, 6.45) is 0. The molecule has 0 fully saturated rings. The van der Waals surface area contributed by atoms with Crippen LogP contribution in [0.15, 0.2) is 83.8 Å². The highest BCUT2D eigenvalue weighted by Crippen LogP contribution is 2.21. The van der Waals surface area contributed by atoms with Gasteiger partial charge in [0.15, 0.2) is 0 Å². The zero-order chi connectivity index (χ0) is 24.0. The van der Waals surface area contributed by atoms with E-state index in [2.05, 4.69) is 5.32 Å². The Morgan fingerprint density at radius 3 is 2.06 bits per heavy atom. The van der Waals surface area contributed by atoms with E-state index in [1.165, 1.54) is 38.2 Å². The molecular formula is C25H27N3O4S. The van der Waals surface area contributed by atoms with Crippen molar-refractivity contribution in [2.45, 2.75) is 25.3 Å². The first-order valence-electron chi connectivity index (χ1n) is 10.4. The molecule has 0 saturated heterocycles. The number of anilines is 2. The van der Waals surface area contributed by atoms with Gasteiger partial charge in [0, 0.05) is 25.3 Å². The van der Waals surface area contributed by atoms with Gasteiger partial charge in [0.05, 0.1) is 18.0 Å². The number of amides is 2. The summed E-state index contributed by atoms with van der Waals surface area (Å²) in [6, 6.07) is 22.9. The van der Waals surface area contributed by atoms with Gasteiger partial charge in [-0.2, -0.15) is 4.31 Å². The van der Waals surface area contributed by atoms with Crippen molar-refractivity contribution in [3.05, 3.63) is 90.0 Å². The van der Waals surface area contributed by atoms with Crippen molar-refractivity contribution >= 4 is 33.2 Å². The molecule has 33 heavy (non-hydrogen) atoms. The highest BCUT2D eigenvalue weighted by Gasteiger charge is 2.26. The highest BCUT2D eigenvalue weighted by atomic mass is 32.2. The molecule has 0 unspecified atom stereocenters. The maximum absolute atomic E-state index is 13.3. The van der Waals surface area contributed by atoms with Crippen LogP contribution < -0.4 is 10.2 Å². The molecule has 1 N–H and O–H groups in total. The topological polar surface area (TPSA) is 86.8 Å². The molecule has 7 nitrogen and oxygen atoms in total. The van der Waals surface area contributed by atoms with Gasteiger partial charge in [-0.15, -0.1) is 0 Å². The summed E-state index contributed by atoms with van der Waals surface area (Å²) in [5, 5.41) is 2.60. The summed E-state index contributed by atoms with van der Waals surface area (Å²) in [5.41, 5.74) is 3.19. The summed E-state index contributed by atoms with van der Waals surface area (Å²) in [6.45, 7) is 3.34. The lowest BCUT2D eigenvalue weighted by Crippen LogP contribution is -2.41. The summed E-state index contributed by atoms with van der Waals surface area (Å²) in [7, 11) is -2.52. The Morgan fingerprint density at radius 2 is 1.48 bits per heavy atom. The molecule has 0 aromatic heterocycles. The lowest BCUT2D eigenvalue weighted by atomic mass is 10.1. The fourth-order valence-electron chi connectivity index (χ4n) is 3.27. The Hall–Kier alpha value is -3.49. The van der Waals surface area contributed by atoms with Crippen LogP contribution in [0.5, 0.6) is 0 Å². The Labute approximate surface area is 194 Å². The summed E-state index contributed by atoms with van der Waals surface area (Å²) in [5.74, 6) is -0.591. The van der Waals surface area contributed by atoms with Crippen molar-refractivity contribution in [1.29, 1.82) is 0 Å². The third-order valence-electron chi connectivity index (χ3n) is 5.07. The van der Waals surface area contributed by atoms with Gasteiger partial charge in [0.1, 0.15) is 0 Å². The number of likely N-dealkylation sites (N-methyl/N-ethyl adjacent to an activating group) is 1. The maximum atomic E-state index is 13.3. The Bertz CT molecular complexity index is 1210. The van der Waals surface area contributed by atoms with Gasteiger partial charge in [-0.1, -0.05) is 48.0 Å². The van der Waals surface area contributed by atoms with Crippen LogP contribution in [0.3, 0.4) is 0 Å². The number of sulfonamides is 1. The molecule has 172 valence electrons. The molecule has 0 radical (unpaired) electrons. The van der Waals surface area contributed by atoms with E-state index in [0.29, 0.717) is 17.9 Å². The minimum Gasteiger partial charge on any atom is -0.326 e. The number of carbonyl (C=O) groups excluding carboxylic acids is 2. The van der Waals surface area contributed by atoms with Crippen LogP contribution in [0.25, 0.3) is 0 Å². The largest absolute Gasteiger partial charge is 0.326 e. The smallest absolute Gasteiger partial charge is 0.243 e. The van der Waals surface area contributed by atoms with Crippen LogP contribution >= 0.6 is 0 Å². The van der Waals surface area contributed by atoms with Gasteiger partial charge in [-0.05, 0) is 48.9 Å². The zero-order valence-electron chi connectivity index (χ0n) is 18.9. The van der Waals surface area contributed by atoms with E-state index in [1.807, 2.05) is 61.5 Å². The number of nitrogens with one attached hydrogen (secondary N) is 1. The second-order valence-corrected chi connectivity index (χ2v) is 9.81. The monoisotopic (exact) mass is 465 g/mol. The number of nitrogens with zero attached hydrogens (tertiary/aromatic N) is 2. The van der Waals surface area contributed by atoms with E-state index in [-0.39, 0.29) is 23.3 Å². The molecule has 0 saturated carbocycles. The normalized spacial score (nSPS) is 11.3. The molecule has 3 aromatic rings. The highest BCUT2D eigenvalue weighted by molar-refractivity contribution is 7.89. The molecule has 3 aromatic carbocycles. The summed E-state index contributed by atoms with van der Waals surface area (Å²) >= 11 is 0. The van der Waals surface area contributed by atoms with Crippen molar-refractivity contribution in [1.82, 2.24) is 4.31 Å². The molecule has 0 aliphatic heterocycles. The van der Waals surface area contributed by atoms with Gasteiger partial charge in [0.2, 0.25) is 21.8 Å². The number of hydrogen-bond acceptors (Lipinski definition) is 4. The average molecular weight is 466 g/mol. The first kappa shape index (κ1) is 24.2. The third-order valence-corrected chi connectivity index (χ3v) is 6.89. The molecule has 0 aliphatic carbocycles. The molecular weight excluding hydrogens is 438 g/mol. The lowest BCUT2D eigenvalue weighted by molar-refractivity contribution is -0.118. The molecule has 0 heterocycles. The van der Waals surface area contributed by atoms with Crippen molar-refractivity contribution in [3.63, 3.8) is 0 Å². The number of rotatable bonds is 8. The molecule has 0 spiro atoms. The van der Waals surface area contributed by atoms with Gasteiger partial charge in [-0.25, -0.2) is 8.42 Å². The zero-order valence-corrected chi connectivity index (χ0v) is 19.7. The van der Waals surface area contributed by atoms with Gasteiger partial charge in [0.25, 0.3) is 0 Å². The number of hydrogen-bond donors (Lipinski definition) is 1. The van der Waals surface area contributed by atoms with Gasteiger partial charge < -0.3 is 10.2 Å². The van der Waals surface area contributed by atoms with Crippen LogP contribution in [0, 0.1) is 6.92 Å². The average Bonchev–Trinajstić information content (AvgIpc) is 2.78. The van der Waals surface area contributed by atoms with Gasteiger partial charge in [-0.3, -0.25) is 9.59 Å². The van der Waals surface area contributed by atoms with Crippen LogP contribution in [0.1, 0.15) is 18.1 Å². The first-order chi connectivity index (χ1) is 15.7. The predicted molar refractivity (Wildman–Crippen MR) is 129 cm³/mol. The van der Waals surface area contributed by atoms with Crippen molar-refractivity contribution in [3.8, 4) is 0 Å². The van der Waals surface area contributed by atoms with Crippen LogP contribution in [-0.4, -0.2) is 38.1 Å². The standard InChI is InChI=1S/C25H27N3O4S/c1-19-9-13-23(14-10-19)28(17-21-7-5-4-6-8-21)25(30)18-27(3)33(31,32)24-15-11-22(12-16-24)26-20(2)29/h4-16H,17-18H2,1-3H3,(H,26,29). The quantitative estimate of drug-likeness (QED) is 0.548. The number of carbonyl (C=O) groups is 2. The second kappa shape index (κ2) is 10.4. The van der Waals surface area contributed by atoms with E-state index in [0.717, 1.165) is 15.4 Å². The minimum absolute atomic E-state index is 0.0387. The van der Waals surface area contributed by atoms with Gasteiger partial charge >= 0.3 is 0 Å². The first-order valence-corrected chi connectivity index (χ1v) is 11.9. The molecule has 8 heteroatoms. The fraction of sp³-hybridized carbons (Fsp3) is 0.200. The van der Waals surface area contributed by atoms with E-state index < -0.39 is 10.0 Å². The Morgan fingerprint density at radius 1 is 0.879 bits per heavy atom. The van der Waals surface area contributed by atoms with E-state index in [4.69, 9.17) is 0 Å². The maximum Gasteiger partial charge on any atom is 0.243 e. The second-order valence-electron chi connectivity index (χ2n) is 7.77.